The third-order valence-corrected chi connectivity index (χ3v) is 4.28. The van der Waals surface area contributed by atoms with Crippen molar-refractivity contribution < 1.29 is 9.13 Å². The number of para-hydroxylation sites is 1. The van der Waals surface area contributed by atoms with E-state index >= 15 is 0 Å². The minimum Gasteiger partial charge on any atom is -0.493 e. The second-order valence-corrected chi connectivity index (χ2v) is 5.70. The summed E-state index contributed by atoms with van der Waals surface area (Å²) < 4.78 is 19.8. The van der Waals surface area contributed by atoms with Gasteiger partial charge in [-0.25, -0.2) is 4.39 Å². The highest BCUT2D eigenvalue weighted by Gasteiger charge is 2.20. The summed E-state index contributed by atoms with van der Waals surface area (Å²) >= 11 is 3.46. The standard InChI is InChI=1S/C16H15BrFNO/c17-14-6-5-12(18)9-11(14)10-19-15-7-8-20-16-4-2-1-3-13(15)16/h1-6,9,15,19H,7-8,10H2. The summed E-state index contributed by atoms with van der Waals surface area (Å²) in [5.74, 6) is 0.729. The predicted octanol–water partition coefficient (Wildman–Crippen LogP) is 4.20. The zero-order chi connectivity index (χ0) is 13.9. The highest BCUT2D eigenvalue weighted by molar-refractivity contribution is 9.10. The largest absolute Gasteiger partial charge is 0.493 e. The Morgan fingerprint density at radius 1 is 1.25 bits per heavy atom. The van der Waals surface area contributed by atoms with Crippen LogP contribution in [-0.4, -0.2) is 6.61 Å². The number of ether oxygens (including phenoxy) is 1. The van der Waals surface area contributed by atoms with Crippen LogP contribution in [0.2, 0.25) is 0 Å². The first kappa shape index (κ1) is 13.6. The van der Waals surface area contributed by atoms with Crippen LogP contribution in [0.25, 0.3) is 0 Å². The Balaban J connectivity index is 1.75. The first-order valence-corrected chi connectivity index (χ1v) is 7.42. The highest BCUT2D eigenvalue weighted by Crippen LogP contribution is 2.32. The first-order chi connectivity index (χ1) is 9.74. The molecule has 0 aliphatic carbocycles. The van der Waals surface area contributed by atoms with Crippen molar-refractivity contribution in [3.8, 4) is 5.75 Å². The van der Waals surface area contributed by atoms with Gasteiger partial charge in [0.05, 0.1) is 6.61 Å². The lowest BCUT2D eigenvalue weighted by Crippen LogP contribution is -2.26. The van der Waals surface area contributed by atoms with Crippen molar-refractivity contribution in [1.29, 1.82) is 0 Å². The van der Waals surface area contributed by atoms with Crippen molar-refractivity contribution in [2.75, 3.05) is 6.61 Å². The lowest BCUT2D eigenvalue weighted by Gasteiger charge is -2.27. The molecule has 104 valence electrons. The molecule has 0 radical (unpaired) electrons. The molecule has 3 rings (SSSR count). The van der Waals surface area contributed by atoms with E-state index in [0.717, 1.165) is 22.2 Å². The van der Waals surface area contributed by atoms with Crippen LogP contribution in [0.1, 0.15) is 23.6 Å². The monoisotopic (exact) mass is 335 g/mol. The molecule has 2 aromatic carbocycles. The molecule has 2 aromatic rings. The molecule has 1 unspecified atom stereocenters. The van der Waals surface area contributed by atoms with Gasteiger partial charge in [0.2, 0.25) is 0 Å². The van der Waals surface area contributed by atoms with Gasteiger partial charge in [0.1, 0.15) is 11.6 Å². The molecule has 1 aliphatic rings. The number of rotatable bonds is 3. The van der Waals surface area contributed by atoms with Crippen LogP contribution >= 0.6 is 15.9 Å². The third-order valence-electron chi connectivity index (χ3n) is 3.51. The maximum Gasteiger partial charge on any atom is 0.124 e. The molecule has 0 aromatic heterocycles. The quantitative estimate of drug-likeness (QED) is 0.907. The number of nitrogens with one attached hydrogen (secondary N) is 1. The Kier molecular flexibility index (Phi) is 4.03. The summed E-state index contributed by atoms with van der Waals surface area (Å²) in [5.41, 5.74) is 2.10. The molecule has 0 spiro atoms. The number of hydrogen-bond acceptors (Lipinski definition) is 2. The van der Waals surface area contributed by atoms with Gasteiger partial charge in [-0.3, -0.25) is 0 Å². The summed E-state index contributed by atoms with van der Waals surface area (Å²) in [7, 11) is 0. The van der Waals surface area contributed by atoms with Gasteiger partial charge in [0.15, 0.2) is 0 Å². The Hall–Kier alpha value is -1.39. The van der Waals surface area contributed by atoms with E-state index < -0.39 is 0 Å². The molecule has 1 aliphatic heterocycles. The van der Waals surface area contributed by atoms with Crippen molar-refractivity contribution >= 4 is 15.9 Å². The van der Waals surface area contributed by atoms with Crippen molar-refractivity contribution in [3.05, 3.63) is 63.9 Å². The van der Waals surface area contributed by atoms with Gasteiger partial charge in [0, 0.05) is 29.0 Å². The van der Waals surface area contributed by atoms with Gasteiger partial charge in [-0.15, -0.1) is 0 Å². The predicted molar refractivity (Wildman–Crippen MR) is 80.2 cm³/mol. The van der Waals surface area contributed by atoms with Crippen molar-refractivity contribution in [1.82, 2.24) is 5.32 Å². The Morgan fingerprint density at radius 2 is 2.10 bits per heavy atom. The fourth-order valence-corrected chi connectivity index (χ4v) is 2.85. The van der Waals surface area contributed by atoms with Crippen molar-refractivity contribution in [3.63, 3.8) is 0 Å². The Morgan fingerprint density at radius 3 is 3.00 bits per heavy atom. The van der Waals surface area contributed by atoms with Gasteiger partial charge in [-0.05, 0) is 29.8 Å². The molecule has 0 saturated heterocycles. The molecule has 0 fully saturated rings. The third kappa shape index (κ3) is 2.86. The Labute approximate surface area is 126 Å². The maximum absolute atomic E-state index is 13.3. The van der Waals surface area contributed by atoms with E-state index in [1.807, 2.05) is 18.2 Å². The zero-order valence-corrected chi connectivity index (χ0v) is 12.5. The number of fused-ring (bicyclic) bond motifs is 1. The fourth-order valence-electron chi connectivity index (χ4n) is 2.47. The lowest BCUT2D eigenvalue weighted by atomic mass is 10.0. The average Bonchev–Trinajstić information content (AvgIpc) is 2.48. The van der Waals surface area contributed by atoms with E-state index in [9.17, 15) is 4.39 Å². The highest BCUT2D eigenvalue weighted by atomic mass is 79.9. The van der Waals surface area contributed by atoms with Crippen molar-refractivity contribution in [2.24, 2.45) is 0 Å². The minimum atomic E-state index is -0.211. The van der Waals surface area contributed by atoms with Gasteiger partial charge in [-0.1, -0.05) is 34.1 Å². The second-order valence-electron chi connectivity index (χ2n) is 4.84. The first-order valence-electron chi connectivity index (χ1n) is 6.63. The maximum atomic E-state index is 13.3. The molecule has 1 N–H and O–H groups in total. The fraction of sp³-hybridized carbons (Fsp3) is 0.250. The second kappa shape index (κ2) is 5.94. The van der Waals surface area contributed by atoms with Crippen LogP contribution in [0.15, 0.2) is 46.9 Å². The van der Waals surface area contributed by atoms with E-state index in [1.54, 1.807) is 12.1 Å². The number of hydrogen-bond donors (Lipinski definition) is 1. The van der Waals surface area contributed by atoms with E-state index in [4.69, 9.17) is 4.74 Å². The van der Waals surface area contributed by atoms with Crippen LogP contribution in [0.4, 0.5) is 4.39 Å². The lowest BCUT2D eigenvalue weighted by molar-refractivity contribution is 0.252. The average molecular weight is 336 g/mol. The van der Waals surface area contributed by atoms with Gasteiger partial charge in [0.25, 0.3) is 0 Å². The molecule has 0 saturated carbocycles. The van der Waals surface area contributed by atoms with E-state index in [-0.39, 0.29) is 11.9 Å². The van der Waals surface area contributed by atoms with E-state index in [2.05, 4.69) is 27.3 Å². The van der Waals surface area contributed by atoms with Crippen LogP contribution in [0.5, 0.6) is 5.75 Å². The summed E-state index contributed by atoms with van der Waals surface area (Å²) in [6, 6.07) is 13.1. The smallest absolute Gasteiger partial charge is 0.124 e. The molecule has 0 bridgehead atoms. The Bertz CT molecular complexity index is 617. The summed E-state index contributed by atoms with van der Waals surface area (Å²) in [6.45, 7) is 1.33. The normalized spacial score (nSPS) is 17.4. The van der Waals surface area contributed by atoms with Crippen LogP contribution in [0, 0.1) is 5.82 Å². The zero-order valence-electron chi connectivity index (χ0n) is 10.9. The summed E-state index contributed by atoms with van der Waals surface area (Å²) in [4.78, 5) is 0. The molecular weight excluding hydrogens is 321 g/mol. The molecule has 1 atom stereocenters. The SMILES string of the molecule is Fc1ccc(Br)c(CNC2CCOc3ccccc32)c1. The molecule has 20 heavy (non-hydrogen) atoms. The van der Waals surface area contributed by atoms with Crippen molar-refractivity contribution in [2.45, 2.75) is 19.0 Å². The number of benzene rings is 2. The van der Waals surface area contributed by atoms with E-state index in [0.29, 0.717) is 13.2 Å². The van der Waals surface area contributed by atoms with E-state index in [1.165, 1.54) is 11.6 Å². The molecule has 4 heteroatoms. The van der Waals surface area contributed by atoms with Gasteiger partial charge < -0.3 is 10.1 Å². The summed E-state index contributed by atoms with van der Waals surface area (Å²) in [6.07, 6.45) is 0.921. The van der Waals surface area contributed by atoms with Crippen LogP contribution < -0.4 is 10.1 Å². The molecular formula is C16H15BrFNO. The van der Waals surface area contributed by atoms with Crippen LogP contribution in [0.3, 0.4) is 0 Å². The topological polar surface area (TPSA) is 21.3 Å². The number of halogens is 2. The molecule has 2 nitrogen and oxygen atoms in total. The van der Waals surface area contributed by atoms with Gasteiger partial charge in [-0.2, -0.15) is 0 Å². The van der Waals surface area contributed by atoms with Gasteiger partial charge >= 0.3 is 0 Å². The summed E-state index contributed by atoms with van der Waals surface area (Å²) in [5, 5.41) is 3.49. The molecule has 0 amide bonds. The minimum absolute atomic E-state index is 0.211. The van der Waals surface area contributed by atoms with Crippen LogP contribution in [-0.2, 0) is 6.54 Å². The molecule has 1 heterocycles.